The SMILES string of the molecule is CC(C)CNCC(C)Oc1cccc(S(C)(=O)=O)c1. The molecule has 4 nitrogen and oxygen atoms in total. The van der Waals surface area contributed by atoms with Gasteiger partial charge in [0.25, 0.3) is 0 Å². The van der Waals surface area contributed by atoms with Gasteiger partial charge in [0.1, 0.15) is 11.9 Å². The van der Waals surface area contributed by atoms with Crippen LogP contribution in [0.1, 0.15) is 20.8 Å². The Kier molecular flexibility index (Phi) is 5.82. The van der Waals surface area contributed by atoms with Gasteiger partial charge in [0.15, 0.2) is 9.84 Å². The van der Waals surface area contributed by atoms with Crippen LogP contribution in [0.2, 0.25) is 0 Å². The Bertz CT molecular complexity index is 497. The van der Waals surface area contributed by atoms with E-state index in [1.807, 2.05) is 6.92 Å². The molecule has 5 heteroatoms. The summed E-state index contributed by atoms with van der Waals surface area (Å²) in [6, 6.07) is 6.60. The van der Waals surface area contributed by atoms with Gasteiger partial charge in [0, 0.05) is 12.8 Å². The van der Waals surface area contributed by atoms with Crippen LogP contribution < -0.4 is 10.1 Å². The van der Waals surface area contributed by atoms with E-state index in [1.54, 1.807) is 24.3 Å². The zero-order valence-electron chi connectivity index (χ0n) is 12.0. The van der Waals surface area contributed by atoms with E-state index in [1.165, 1.54) is 6.26 Å². The number of ether oxygens (including phenoxy) is 1. The van der Waals surface area contributed by atoms with Gasteiger partial charge in [-0.2, -0.15) is 0 Å². The topological polar surface area (TPSA) is 55.4 Å². The van der Waals surface area contributed by atoms with E-state index < -0.39 is 9.84 Å². The van der Waals surface area contributed by atoms with E-state index in [0.29, 0.717) is 11.7 Å². The number of benzene rings is 1. The molecule has 0 heterocycles. The van der Waals surface area contributed by atoms with Crippen LogP contribution in [0.3, 0.4) is 0 Å². The van der Waals surface area contributed by atoms with Gasteiger partial charge in [-0.3, -0.25) is 0 Å². The molecule has 0 spiro atoms. The highest BCUT2D eigenvalue weighted by molar-refractivity contribution is 7.90. The molecule has 0 bridgehead atoms. The summed E-state index contributed by atoms with van der Waals surface area (Å²) in [6.45, 7) is 7.93. The van der Waals surface area contributed by atoms with Crippen molar-refractivity contribution in [3.8, 4) is 5.75 Å². The van der Waals surface area contributed by atoms with Crippen LogP contribution in [0.4, 0.5) is 0 Å². The Morgan fingerprint density at radius 3 is 2.47 bits per heavy atom. The minimum atomic E-state index is -3.18. The average Bonchev–Trinajstić information content (AvgIpc) is 2.27. The minimum absolute atomic E-state index is 0.00596. The summed E-state index contributed by atoms with van der Waals surface area (Å²) < 4.78 is 28.6. The van der Waals surface area contributed by atoms with Crippen molar-refractivity contribution >= 4 is 9.84 Å². The first-order chi connectivity index (χ1) is 8.79. The normalized spacial score (nSPS) is 13.5. The second-order valence-electron chi connectivity index (χ2n) is 5.23. The summed E-state index contributed by atoms with van der Waals surface area (Å²) in [7, 11) is -3.18. The van der Waals surface area contributed by atoms with Gasteiger partial charge < -0.3 is 10.1 Å². The highest BCUT2D eigenvalue weighted by Crippen LogP contribution is 2.18. The number of nitrogens with one attached hydrogen (secondary N) is 1. The Morgan fingerprint density at radius 2 is 1.89 bits per heavy atom. The molecule has 1 aromatic carbocycles. The van der Waals surface area contributed by atoms with Gasteiger partial charge in [-0.1, -0.05) is 19.9 Å². The van der Waals surface area contributed by atoms with E-state index in [2.05, 4.69) is 19.2 Å². The fourth-order valence-corrected chi connectivity index (χ4v) is 2.28. The largest absolute Gasteiger partial charge is 0.489 e. The van der Waals surface area contributed by atoms with E-state index in [-0.39, 0.29) is 11.0 Å². The van der Waals surface area contributed by atoms with E-state index >= 15 is 0 Å². The summed E-state index contributed by atoms with van der Waals surface area (Å²) in [5.41, 5.74) is 0. The molecule has 0 aliphatic heterocycles. The zero-order chi connectivity index (χ0) is 14.5. The molecule has 1 atom stereocenters. The van der Waals surface area contributed by atoms with E-state index in [4.69, 9.17) is 4.74 Å². The van der Waals surface area contributed by atoms with Crippen molar-refractivity contribution in [2.24, 2.45) is 5.92 Å². The molecule has 0 amide bonds. The Labute approximate surface area is 116 Å². The van der Waals surface area contributed by atoms with Crippen molar-refractivity contribution < 1.29 is 13.2 Å². The van der Waals surface area contributed by atoms with Gasteiger partial charge >= 0.3 is 0 Å². The molecule has 0 fully saturated rings. The molecular weight excluding hydrogens is 262 g/mol. The minimum Gasteiger partial charge on any atom is -0.489 e. The predicted molar refractivity (Wildman–Crippen MR) is 77.3 cm³/mol. The summed E-state index contributed by atoms with van der Waals surface area (Å²) in [4.78, 5) is 0.285. The highest BCUT2D eigenvalue weighted by atomic mass is 32.2. The summed E-state index contributed by atoms with van der Waals surface area (Å²) >= 11 is 0. The van der Waals surface area contributed by atoms with Gasteiger partial charge in [-0.15, -0.1) is 0 Å². The van der Waals surface area contributed by atoms with Gasteiger partial charge in [-0.05, 0) is 37.6 Å². The van der Waals surface area contributed by atoms with Crippen LogP contribution in [0, 0.1) is 5.92 Å². The molecule has 0 aromatic heterocycles. The molecule has 0 aliphatic rings. The average molecular weight is 285 g/mol. The maximum absolute atomic E-state index is 11.4. The summed E-state index contributed by atoms with van der Waals surface area (Å²) in [6.07, 6.45) is 1.19. The lowest BCUT2D eigenvalue weighted by Crippen LogP contribution is -2.31. The highest BCUT2D eigenvalue weighted by Gasteiger charge is 2.09. The van der Waals surface area contributed by atoms with Crippen molar-refractivity contribution in [2.75, 3.05) is 19.3 Å². The fourth-order valence-electron chi connectivity index (χ4n) is 1.63. The Balaban J connectivity index is 2.57. The van der Waals surface area contributed by atoms with E-state index in [9.17, 15) is 8.42 Å². The predicted octanol–water partition coefficient (Wildman–Crippen LogP) is 2.10. The summed E-state index contributed by atoms with van der Waals surface area (Å²) in [5.74, 6) is 1.18. The molecule has 108 valence electrons. The molecular formula is C14H23NO3S. The van der Waals surface area contributed by atoms with Crippen molar-refractivity contribution in [1.82, 2.24) is 5.32 Å². The summed E-state index contributed by atoms with van der Waals surface area (Å²) in [5, 5.41) is 3.31. The third-order valence-corrected chi connectivity index (χ3v) is 3.67. The van der Waals surface area contributed by atoms with Crippen LogP contribution in [0.25, 0.3) is 0 Å². The lowest BCUT2D eigenvalue weighted by Gasteiger charge is -2.16. The van der Waals surface area contributed by atoms with Gasteiger partial charge in [-0.25, -0.2) is 8.42 Å². The standard InChI is InChI=1S/C14H23NO3S/c1-11(2)9-15-10-12(3)18-13-6-5-7-14(8-13)19(4,16)17/h5-8,11-12,15H,9-10H2,1-4H3. The smallest absolute Gasteiger partial charge is 0.175 e. The molecule has 0 aliphatic carbocycles. The lowest BCUT2D eigenvalue weighted by molar-refractivity contribution is 0.215. The van der Waals surface area contributed by atoms with Crippen LogP contribution >= 0.6 is 0 Å². The first-order valence-corrected chi connectivity index (χ1v) is 8.35. The fraction of sp³-hybridized carbons (Fsp3) is 0.571. The Morgan fingerprint density at radius 1 is 1.21 bits per heavy atom. The van der Waals surface area contributed by atoms with Crippen molar-refractivity contribution in [1.29, 1.82) is 0 Å². The van der Waals surface area contributed by atoms with Gasteiger partial charge in [0.2, 0.25) is 0 Å². The number of hydrogen-bond acceptors (Lipinski definition) is 4. The molecule has 1 N–H and O–H groups in total. The first kappa shape index (κ1) is 16.0. The maximum atomic E-state index is 11.4. The molecule has 0 saturated carbocycles. The van der Waals surface area contributed by atoms with Gasteiger partial charge in [0.05, 0.1) is 4.90 Å². The third kappa shape index (κ3) is 6.07. The van der Waals surface area contributed by atoms with E-state index in [0.717, 1.165) is 13.1 Å². The van der Waals surface area contributed by atoms with Crippen LogP contribution in [-0.4, -0.2) is 33.9 Å². The third-order valence-electron chi connectivity index (χ3n) is 2.56. The number of sulfone groups is 1. The van der Waals surface area contributed by atoms with Crippen molar-refractivity contribution in [3.63, 3.8) is 0 Å². The molecule has 19 heavy (non-hydrogen) atoms. The molecule has 1 aromatic rings. The van der Waals surface area contributed by atoms with Crippen LogP contribution in [0.5, 0.6) is 5.75 Å². The molecule has 0 radical (unpaired) electrons. The van der Waals surface area contributed by atoms with Crippen LogP contribution in [-0.2, 0) is 9.84 Å². The second kappa shape index (κ2) is 6.91. The molecule has 1 unspecified atom stereocenters. The quantitative estimate of drug-likeness (QED) is 0.833. The Hall–Kier alpha value is -1.07. The number of hydrogen-bond donors (Lipinski definition) is 1. The zero-order valence-corrected chi connectivity index (χ0v) is 12.8. The van der Waals surface area contributed by atoms with Crippen LogP contribution in [0.15, 0.2) is 29.2 Å². The van der Waals surface area contributed by atoms with Crippen molar-refractivity contribution in [3.05, 3.63) is 24.3 Å². The monoisotopic (exact) mass is 285 g/mol. The molecule has 1 rings (SSSR count). The number of rotatable bonds is 7. The molecule has 0 saturated heterocycles. The second-order valence-corrected chi connectivity index (χ2v) is 7.24. The maximum Gasteiger partial charge on any atom is 0.175 e. The van der Waals surface area contributed by atoms with Crippen molar-refractivity contribution in [2.45, 2.75) is 31.8 Å². The first-order valence-electron chi connectivity index (χ1n) is 6.46. The lowest BCUT2D eigenvalue weighted by atomic mass is 10.2.